The highest BCUT2D eigenvalue weighted by Crippen LogP contribution is 2.26. The fourth-order valence-electron chi connectivity index (χ4n) is 2.91. The average molecular weight is 479 g/mol. The Morgan fingerprint density at radius 3 is 2.66 bits per heavy atom. The summed E-state index contributed by atoms with van der Waals surface area (Å²) in [5.41, 5.74) is 1.05. The highest BCUT2D eigenvalue weighted by atomic mass is 35.5. The first kappa shape index (κ1) is 23.6. The number of carbonyl (C=O) groups is 2. The molecule has 6 nitrogen and oxygen atoms in total. The van der Waals surface area contributed by atoms with Gasteiger partial charge in [0.05, 0.1) is 11.1 Å². The first-order chi connectivity index (χ1) is 15.2. The largest absolute Gasteiger partial charge is 0.484 e. The Kier molecular flexibility index (Phi) is 7.77. The number of rotatable bonds is 9. The van der Waals surface area contributed by atoms with Gasteiger partial charge in [0.1, 0.15) is 22.9 Å². The number of carbonyl (C=O) groups excluding carboxylic acids is 2. The summed E-state index contributed by atoms with van der Waals surface area (Å²) in [6.45, 7) is 5.22. The summed E-state index contributed by atoms with van der Waals surface area (Å²) < 4.78 is 24.3. The van der Waals surface area contributed by atoms with Crippen molar-refractivity contribution in [2.75, 3.05) is 6.61 Å². The lowest BCUT2D eigenvalue weighted by atomic mass is 10.2. The van der Waals surface area contributed by atoms with E-state index in [0.717, 1.165) is 11.5 Å². The second kappa shape index (κ2) is 10.5. The summed E-state index contributed by atoms with van der Waals surface area (Å²) in [4.78, 5) is 24.2. The minimum atomic E-state index is -0.638. The predicted octanol–water partition coefficient (Wildman–Crippen LogP) is 5.55. The lowest BCUT2D eigenvalue weighted by molar-refractivity contribution is -0.123. The van der Waals surface area contributed by atoms with Gasteiger partial charge < -0.3 is 19.8 Å². The van der Waals surface area contributed by atoms with E-state index in [2.05, 4.69) is 17.2 Å². The number of hydrogen-bond acceptors (Lipinski definition) is 4. The van der Waals surface area contributed by atoms with Gasteiger partial charge in [0.25, 0.3) is 5.91 Å². The molecule has 3 rings (SSSR count). The van der Waals surface area contributed by atoms with Crippen molar-refractivity contribution in [3.63, 3.8) is 0 Å². The number of halogens is 3. The number of ether oxygens (including phenoxy) is 1. The molecular weight excluding hydrogens is 458 g/mol. The van der Waals surface area contributed by atoms with Gasteiger partial charge in [-0.3, -0.25) is 9.59 Å². The van der Waals surface area contributed by atoms with Crippen molar-refractivity contribution in [3.8, 4) is 5.75 Å². The molecule has 0 bridgehead atoms. The third kappa shape index (κ3) is 6.48. The zero-order chi connectivity index (χ0) is 23.3. The molecule has 168 valence electrons. The quantitative estimate of drug-likeness (QED) is 0.422. The van der Waals surface area contributed by atoms with Crippen LogP contribution in [0.5, 0.6) is 5.75 Å². The predicted molar refractivity (Wildman–Crippen MR) is 121 cm³/mol. The summed E-state index contributed by atoms with van der Waals surface area (Å²) >= 11 is 11.6. The number of hydrogen-bond donors (Lipinski definition) is 2. The number of allylic oxidation sites excluding steroid dienone is 1. The van der Waals surface area contributed by atoms with Crippen LogP contribution in [0.4, 0.5) is 4.39 Å². The van der Waals surface area contributed by atoms with Crippen molar-refractivity contribution in [3.05, 3.63) is 76.4 Å². The number of amides is 2. The van der Waals surface area contributed by atoms with Crippen LogP contribution in [0, 0.1) is 5.82 Å². The second-order valence-corrected chi connectivity index (χ2v) is 7.98. The average Bonchev–Trinajstić information content (AvgIpc) is 3.16. The Balaban J connectivity index is 1.40. The topological polar surface area (TPSA) is 80.6 Å². The summed E-state index contributed by atoms with van der Waals surface area (Å²) in [6.07, 6.45) is 0.369. The molecule has 0 aliphatic rings. The molecular formula is C23H21Cl2FN2O4. The summed E-state index contributed by atoms with van der Waals surface area (Å²) in [5, 5.41) is 6.82. The van der Waals surface area contributed by atoms with Gasteiger partial charge in [-0.05, 0) is 49.7 Å². The fraction of sp³-hybridized carbons (Fsp3) is 0.217. The molecule has 0 saturated carbocycles. The van der Waals surface area contributed by atoms with E-state index in [1.807, 2.05) is 13.0 Å². The summed E-state index contributed by atoms with van der Waals surface area (Å²) in [5.74, 6) is -0.549. The van der Waals surface area contributed by atoms with E-state index in [0.29, 0.717) is 22.1 Å². The van der Waals surface area contributed by atoms with Crippen LogP contribution >= 0.6 is 23.2 Å². The Morgan fingerprint density at radius 2 is 1.91 bits per heavy atom. The molecule has 1 aromatic heterocycles. The fourth-order valence-corrected chi connectivity index (χ4v) is 3.21. The molecule has 1 atom stereocenters. The van der Waals surface area contributed by atoms with Gasteiger partial charge in [-0.1, -0.05) is 29.8 Å². The minimum absolute atomic E-state index is 0.0347. The van der Waals surface area contributed by atoms with Gasteiger partial charge in [0.2, 0.25) is 5.91 Å². The van der Waals surface area contributed by atoms with E-state index in [1.54, 1.807) is 18.2 Å². The van der Waals surface area contributed by atoms with E-state index in [4.69, 9.17) is 32.4 Å². The van der Waals surface area contributed by atoms with Gasteiger partial charge in [-0.25, -0.2) is 4.39 Å². The van der Waals surface area contributed by atoms with Gasteiger partial charge in [0, 0.05) is 28.6 Å². The highest BCUT2D eigenvalue weighted by Gasteiger charge is 2.15. The smallest absolute Gasteiger partial charge is 0.262 e. The Hall–Kier alpha value is -3.03. The maximum atomic E-state index is 13.4. The number of furan rings is 1. The molecule has 2 amide bonds. The lowest BCUT2D eigenvalue weighted by Crippen LogP contribution is -2.30. The summed E-state index contributed by atoms with van der Waals surface area (Å²) in [7, 11) is 0. The molecule has 3 aromatic rings. The van der Waals surface area contributed by atoms with Crippen LogP contribution < -0.4 is 15.4 Å². The monoisotopic (exact) mass is 478 g/mol. The number of fused-ring (bicyclic) bond motifs is 1. The van der Waals surface area contributed by atoms with Crippen molar-refractivity contribution in [1.82, 2.24) is 10.6 Å². The van der Waals surface area contributed by atoms with Gasteiger partial charge in [-0.15, -0.1) is 0 Å². The summed E-state index contributed by atoms with van der Waals surface area (Å²) in [6, 6.07) is 10.7. The Morgan fingerprint density at radius 1 is 1.12 bits per heavy atom. The van der Waals surface area contributed by atoms with E-state index >= 15 is 0 Å². The standard InChI is InChI=1S/C23H21Cl2FN2O4/c1-13(27-23(30)12-31-17-5-6-18(25)19(26)11-17)3-8-22(29)28-14(2)21-10-15-9-16(24)4-7-20(15)32-21/h4-7,9-11,14H,1,3,8,12H2,2H3,(H,27,30)(H,28,29). The molecule has 2 N–H and O–H groups in total. The van der Waals surface area contributed by atoms with Crippen LogP contribution in [0.2, 0.25) is 10.0 Å². The van der Waals surface area contributed by atoms with Gasteiger partial charge in [-0.2, -0.15) is 0 Å². The first-order valence-electron chi connectivity index (χ1n) is 9.75. The molecule has 0 fully saturated rings. The van der Waals surface area contributed by atoms with Crippen LogP contribution in [0.1, 0.15) is 31.6 Å². The molecule has 9 heteroatoms. The van der Waals surface area contributed by atoms with Crippen LogP contribution in [0.15, 0.2) is 59.2 Å². The molecule has 0 aliphatic heterocycles. The highest BCUT2D eigenvalue weighted by molar-refractivity contribution is 6.31. The Labute approximate surface area is 194 Å². The van der Waals surface area contributed by atoms with Crippen molar-refractivity contribution >= 4 is 46.0 Å². The Bertz CT molecular complexity index is 1160. The zero-order valence-corrected chi connectivity index (χ0v) is 18.7. The second-order valence-electron chi connectivity index (χ2n) is 7.14. The van der Waals surface area contributed by atoms with Crippen molar-refractivity contribution in [2.45, 2.75) is 25.8 Å². The van der Waals surface area contributed by atoms with Crippen molar-refractivity contribution < 1.29 is 23.1 Å². The molecule has 1 heterocycles. The molecule has 0 spiro atoms. The van der Waals surface area contributed by atoms with Crippen molar-refractivity contribution in [1.29, 1.82) is 0 Å². The van der Waals surface area contributed by atoms with E-state index < -0.39 is 11.7 Å². The van der Waals surface area contributed by atoms with Crippen LogP contribution in [-0.2, 0) is 9.59 Å². The van der Waals surface area contributed by atoms with E-state index in [9.17, 15) is 14.0 Å². The zero-order valence-electron chi connectivity index (χ0n) is 17.2. The lowest BCUT2D eigenvalue weighted by Gasteiger charge is -2.13. The SMILES string of the molecule is C=C(CCC(=O)NC(C)c1cc2cc(Cl)ccc2o1)NC(=O)COc1ccc(Cl)c(F)c1. The van der Waals surface area contributed by atoms with Crippen LogP contribution in [-0.4, -0.2) is 18.4 Å². The molecule has 32 heavy (non-hydrogen) atoms. The molecule has 0 aliphatic carbocycles. The maximum absolute atomic E-state index is 13.4. The maximum Gasteiger partial charge on any atom is 0.262 e. The van der Waals surface area contributed by atoms with Gasteiger partial charge >= 0.3 is 0 Å². The van der Waals surface area contributed by atoms with Gasteiger partial charge in [0.15, 0.2) is 6.61 Å². The molecule has 0 radical (unpaired) electrons. The normalized spacial score (nSPS) is 11.8. The van der Waals surface area contributed by atoms with E-state index in [-0.39, 0.29) is 42.2 Å². The van der Waals surface area contributed by atoms with Crippen LogP contribution in [0.25, 0.3) is 11.0 Å². The van der Waals surface area contributed by atoms with Crippen LogP contribution in [0.3, 0.4) is 0 Å². The number of nitrogens with one attached hydrogen (secondary N) is 2. The molecule has 0 saturated heterocycles. The third-order valence-corrected chi connectivity index (χ3v) is 5.07. The third-order valence-electron chi connectivity index (χ3n) is 4.53. The number of benzene rings is 2. The molecule has 2 aromatic carbocycles. The minimum Gasteiger partial charge on any atom is -0.484 e. The molecule has 1 unspecified atom stereocenters. The van der Waals surface area contributed by atoms with E-state index in [1.165, 1.54) is 12.1 Å². The first-order valence-corrected chi connectivity index (χ1v) is 10.5. The van der Waals surface area contributed by atoms with Crippen molar-refractivity contribution in [2.24, 2.45) is 0 Å².